The number of hydrogen-bond acceptors (Lipinski definition) is 9. The van der Waals surface area contributed by atoms with E-state index in [1.807, 2.05) is 0 Å². The third-order valence-electron chi connectivity index (χ3n) is 5.53. The number of benzene rings is 3. The van der Waals surface area contributed by atoms with E-state index in [1.54, 1.807) is 61.5 Å². The van der Waals surface area contributed by atoms with Gasteiger partial charge in [0.25, 0.3) is 15.7 Å². The summed E-state index contributed by atoms with van der Waals surface area (Å²) < 4.78 is 45.5. The summed E-state index contributed by atoms with van der Waals surface area (Å²) in [5.74, 6) is 0.655. The molecule has 1 aliphatic heterocycles. The molecule has 0 aliphatic carbocycles. The zero-order valence-electron chi connectivity index (χ0n) is 19.9. The van der Waals surface area contributed by atoms with Crippen molar-refractivity contribution in [2.75, 3.05) is 27.3 Å². The largest absolute Gasteiger partial charge is 0.497 e. The first kappa shape index (κ1) is 25.6. The second kappa shape index (κ2) is 10.7. The molecule has 3 aromatic rings. The van der Waals surface area contributed by atoms with Crippen molar-refractivity contribution in [3.8, 4) is 11.5 Å². The Kier molecular flexibility index (Phi) is 7.39. The highest BCUT2D eigenvalue weighted by atomic mass is 32.2. The molecule has 3 aromatic carbocycles. The Morgan fingerprint density at radius 3 is 2.32 bits per heavy atom. The SMILES string of the molecule is COc1ccc(OCC(CN(C)C2=NS(=O)(=O)c3ccccc32)OC(=O)c2ccc([N+](=O)[O-])cc2)cc1. The van der Waals surface area contributed by atoms with E-state index in [9.17, 15) is 23.3 Å². The van der Waals surface area contributed by atoms with Crippen LogP contribution in [0.5, 0.6) is 11.5 Å². The lowest BCUT2D eigenvalue weighted by Crippen LogP contribution is -2.39. The second-order valence-corrected chi connectivity index (χ2v) is 9.66. The molecule has 11 nitrogen and oxygen atoms in total. The van der Waals surface area contributed by atoms with Crippen molar-refractivity contribution in [3.05, 3.63) is 94.0 Å². The van der Waals surface area contributed by atoms with Gasteiger partial charge in [0, 0.05) is 24.7 Å². The Hall–Kier alpha value is -4.45. The molecule has 37 heavy (non-hydrogen) atoms. The topological polar surface area (TPSA) is 138 Å². The number of rotatable bonds is 9. The predicted molar refractivity (Wildman–Crippen MR) is 134 cm³/mol. The Morgan fingerprint density at radius 2 is 1.68 bits per heavy atom. The monoisotopic (exact) mass is 525 g/mol. The molecular formula is C25H23N3O8S. The van der Waals surface area contributed by atoms with Gasteiger partial charge in [-0.1, -0.05) is 12.1 Å². The van der Waals surface area contributed by atoms with Gasteiger partial charge < -0.3 is 19.1 Å². The maximum absolute atomic E-state index is 12.8. The number of esters is 1. The van der Waals surface area contributed by atoms with Crippen LogP contribution in [-0.2, 0) is 14.8 Å². The number of nitrogens with zero attached hydrogens (tertiary/aromatic N) is 3. The first-order valence-corrected chi connectivity index (χ1v) is 12.5. The van der Waals surface area contributed by atoms with Gasteiger partial charge in [-0.25, -0.2) is 4.79 Å². The maximum Gasteiger partial charge on any atom is 0.338 e. The summed E-state index contributed by atoms with van der Waals surface area (Å²) in [5.41, 5.74) is 0.408. The number of carbonyl (C=O) groups is 1. The summed E-state index contributed by atoms with van der Waals surface area (Å²) in [5, 5.41) is 10.9. The molecule has 192 valence electrons. The number of fused-ring (bicyclic) bond motifs is 1. The van der Waals surface area contributed by atoms with Crippen molar-refractivity contribution in [1.82, 2.24) is 4.90 Å². The molecular weight excluding hydrogens is 502 g/mol. The Balaban J connectivity index is 1.53. The van der Waals surface area contributed by atoms with E-state index in [4.69, 9.17) is 14.2 Å². The van der Waals surface area contributed by atoms with Crippen LogP contribution in [0.25, 0.3) is 0 Å². The van der Waals surface area contributed by atoms with Crippen LogP contribution in [0, 0.1) is 10.1 Å². The Morgan fingerprint density at radius 1 is 1.03 bits per heavy atom. The molecule has 0 saturated heterocycles. The van der Waals surface area contributed by atoms with Crippen molar-refractivity contribution in [1.29, 1.82) is 0 Å². The molecule has 0 spiro atoms. The van der Waals surface area contributed by atoms with Gasteiger partial charge in [0.1, 0.15) is 23.0 Å². The van der Waals surface area contributed by atoms with Gasteiger partial charge in [-0.3, -0.25) is 10.1 Å². The van der Waals surface area contributed by atoms with Crippen LogP contribution in [0.2, 0.25) is 0 Å². The average Bonchev–Trinajstić information content (AvgIpc) is 3.18. The Labute approximate surface area is 213 Å². The highest BCUT2D eigenvalue weighted by molar-refractivity contribution is 7.90. The smallest absolute Gasteiger partial charge is 0.338 e. The van der Waals surface area contributed by atoms with E-state index < -0.39 is 27.0 Å². The number of nitro groups is 1. The van der Waals surface area contributed by atoms with Crippen LogP contribution in [0.4, 0.5) is 5.69 Å². The van der Waals surface area contributed by atoms with Gasteiger partial charge in [0.05, 0.1) is 24.1 Å². The number of carbonyl (C=O) groups excluding carboxylic acids is 1. The standard InChI is InChI=1S/C25H23N3O8S/c1-27(24-22-5-3-4-6-23(22)37(32,33)26-24)15-21(16-35-20-13-11-19(34-2)12-14-20)36-25(29)17-7-9-18(10-8-17)28(30)31/h3-14,21H,15-16H2,1-2H3. The molecule has 0 bridgehead atoms. The number of hydrogen-bond donors (Lipinski definition) is 0. The predicted octanol–water partition coefficient (Wildman–Crippen LogP) is 3.29. The first-order chi connectivity index (χ1) is 17.7. The van der Waals surface area contributed by atoms with Gasteiger partial charge in [0.15, 0.2) is 11.9 Å². The van der Waals surface area contributed by atoms with Crippen LogP contribution in [0.1, 0.15) is 15.9 Å². The average molecular weight is 526 g/mol. The molecule has 1 unspecified atom stereocenters. The zero-order chi connectivity index (χ0) is 26.6. The van der Waals surface area contributed by atoms with E-state index in [1.165, 1.54) is 30.3 Å². The van der Waals surface area contributed by atoms with Gasteiger partial charge >= 0.3 is 5.97 Å². The third-order valence-corrected chi connectivity index (χ3v) is 6.86. The quantitative estimate of drug-likeness (QED) is 0.234. The summed E-state index contributed by atoms with van der Waals surface area (Å²) in [6.07, 6.45) is -0.854. The minimum Gasteiger partial charge on any atom is -0.497 e. The molecule has 0 aromatic heterocycles. The second-order valence-electron chi connectivity index (χ2n) is 8.08. The van der Waals surface area contributed by atoms with Crippen LogP contribution in [0.15, 0.2) is 82.1 Å². The minimum atomic E-state index is -3.83. The lowest BCUT2D eigenvalue weighted by Gasteiger charge is -2.26. The van der Waals surface area contributed by atoms with E-state index in [0.717, 1.165) is 0 Å². The molecule has 0 saturated carbocycles. The number of nitro benzene ring substituents is 1. The zero-order valence-corrected chi connectivity index (χ0v) is 20.8. The lowest BCUT2D eigenvalue weighted by molar-refractivity contribution is -0.384. The van der Waals surface area contributed by atoms with Crippen molar-refractivity contribution in [2.45, 2.75) is 11.0 Å². The van der Waals surface area contributed by atoms with Crippen LogP contribution in [0.3, 0.4) is 0 Å². The number of ether oxygens (including phenoxy) is 3. The molecule has 12 heteroatoms. The third kappa shape index (κ3) is 5.86. The minimum absolute atomic E-state index is 0.0531. The molecule has 0 fully saturated rings. The number of methoxy groups -OCH3 is 1. The normalized spacial score (nSPS) is 14.2. The van der Waals surface area contributed by atoms with Gasteiger partial charge in [0.2, 0.25) is 0 Å². The van der Waals surface area contributed by atoms with Crippen molar-refractivity contribution < 1.29 is 32.3 Å². The van der Waals surface area contributed by atoms with Gasteiger partial charge in [-0.2, -0.15) is 8.42 Å². The molecule has 0 amide bonds. The van der Waals surface area contributed by atoms with Crippen molar-refractivity contribution >= 4 is 27.5 Å². The van der Waals surface area contributed by atoms with E-state index in [0.29, 0.717) is 17.1 Å². The fraction of sp³-hybridized carbons (Fsp3) is 0.200. The highest BCUT2D eigenvalue weighted by Gasteiger charge is 2.32. The van der Waals surface area contributed by atoms with Crippen LogP contribution in [-0.4, -0.2) is 63.5 Å². The van der Waals surface area contributed by atoms with Crippen LogP contribution >= 0.6 is 0 Å². The summed E-state index contributed by atoms with van der Waals surface area (Å²) in [7, 11) is -0.654. The number of likely N-dealkylation sites (N-methyl/N-ethyl adjacent to an activating group) is 1. The van der Waals surface area contributed by atoms with Crippen molar-refractivity contribution in [2.24, 2.45) is 4.40 Å². The summed E-state index contributed by atoms with van der Waals surface area (Å²) in [6.45, 7) is -0.00533. The molecule has 0 radical (unpaired) electrons. The Bertz CT molecular complexity index is 1440. The highest BCUT2D eigenvalue weighted by Crippen LogP contribution is 2.27. The molecule has 4 rings (SSSR count). The van der Waals surface area contributed by atoms with Gasteiger partial charge in [-0.15, -0.1) is 4.40 Å². The first-order valence-electron chi connectivity index (χ1n) is 11.1. The molecule has 0 N–H and O–H groups in total. The number of amidine groups is 1. The van der Waals surface area contributed by atoms with E-state index in [2.05, 4.69) is 4.40 Å². The van der Waals surface area contributed by atoms with E-state index in [-0.39, 0.29) is 35.1 Å². The fourth-order valence-corrected chi connectivity index (χ4v) is 4.93. The fourth-order valence-electron chi connectivity index (χ4n) is 3.68. The van der Waals surface area contributed by atoms with Gasteiger partial charge in [-0.05, 0) is 48.5 Å². The maximum atomic E-state index is 12.8. The number of sulfonamides is 1. The lowest BCUT2D eigenvalue weighted by atomic mass is 10.2. The molecule has 1 aliphatic rings. The molecule has 1 heterocycles. The van der Waals surface area contributed by atoms with Crippen molar-refractivity contribution in [3.63, 3.8) is 0 Å². The summed E-state index contributed by atoms with van der Waals surface area (Å²) in [4.78, 5) is 24.8. The van der Waals surface area contributed by atoms with E-state index >= 15 is 0 Å². The summed E-state index contributed by atoms with van der Waals surface area (Å²) >= 11 is 0. The summed E-state index contributed by atoms with van der Waals surface area (Å²) in [6, 6.07) is 18.3. The molecule has 1 atom stereocenters. The van der Waals surface area contributed by atoms with Crippen LogP contribution < -0.4 is 9.47 Å². The number of non-ortho nitro benzene ring substituents is 1.